The number of aliphatic hydroxyl groups is 1. The standard InChI is InChI=1S/C12H20N2O2.2C2H6/c1-3-6-10(7-4-2)14-12(16)11(13)8-5-9-15;2*1-2/h3-4,6-7,11,15H,1,5,8-9,13H2,2H3,(H,14,16);2*1-2H3/b7-4-,10-6+;;. The fourth-order valence-electron chi connectivity index (χ4n) is 1.12. The molecule has 4 N–H and O–H groups in total. The Bertz CT molecular complexity index is 284. The number of hydrogen-bond acceptors (Lipinski definition) is 3. The van der Waals surface area contributed by atoms with Crippen molar-refractivity contribution in [3.8, 4) is 0 Å². The molecular formula is C16H32N2O2. The van der Waals surface area contributed by atoms with Crippen LogP contribution in [0.1, 0.15) is 47.5 Å². The second kappa shape index (κ2) is 19.9. The van der Waals surface area contributed by atoms with Crippen molar-refractivity contribution in [1.82, 2.24) is 5.32 Å². The largest absolute Gasteiger partial charge is 0.396 e. The van der Waals surface area contributed by atoms with Crippen LogP contribution in [0.15, 0.2) is 36.6 Å². The van der Waals surface area contributed by atoms with Gasteiger partial charge in [-0.15, -0.1) is 0 Å². The maximum absolute atomic E-state index is 11.6. The van der Waals surface area contributed by atoms with Gasteiger partial charge in [0, 0.05) is 12.3 Å². The molecule has 0 aromatic carbocycles. The zero-order valence-corrected chi connectivity index (χ0v) is 13.6. The lowest BCUT2D eigenvalue weighted by molar-refractivity contribution is -0.121. The van der Waals surface area contributed by atoms with E-state index in [4.69, 9.17) is 10.8 Å². The third-order valence-corrected chi connectivity index (χ3v) is 1.92. The van der Waals surface area contributed by atoms with Crippen LogP contribution in [0.5, 0.6) is 0 Å². The summed E-state index contributed by atoms with van der Waals surface area (Å²) >= 11 is 0. The number of carbonyl (C=O) groups excluding carboxylic acids is 1. The van der Waals surface area contributed by atoms with E-state index in [0.717, 1.165) is 0 Å². The Labute approximate surface area is 124 Å². The molecule has 0 fully saturated rings. The molecule has 4 nitrogen and oxygen atoms in total. The average molecular weight is 284 g/mol. The highest BCUT2D eigenvalue weighted by atomic mass is 16.3. The molecule has 0 rings (SSSR count). The van der Waals surface area contributed by atoms with Crippen molar-refractivity contribution < 1.29 is 9.90 Å². The zero-order chi connectivity index (χ0) is 16.4. The molecule has 118 valence electrons. The number of nitrogens with two attached hydrogens (primary N) is 1. The van der Waals surface area contributed by atoms with Crippen molar-refractivity contribution in [2.45, 2.75) is 53.5 Å². The van der Waals surface area contributed by atoms with Crippen LogP contribution in [0.25, 0.3) is 0 Å². The highest BCUT2D eigenvalue weighted by molar-refractivity contribution is 5.83. The van der Waals surface area contributed by atoms with Crippen molar-refractivity contribution in [2.75, 3.05) is 6.61 Å². The van der Waals surface area contributed by atoms with Gasteiger partial charge in [-0.1, -0.05) is 46.4 Å². The molecule has 0 aromatic heterocycles. The van der Waals surface area contributed by atoms with Gasteiger partial charge < -0.3 is 16.2 Å². The van der Waals surface area contributed by atoms with Crippen molar-refractivity contribution >= 4 is 5.91 Å². The molecule has 0 radical (unpaired) electrons. The zero-order valence-electron chi connectivity index (χ0n) is 13.6. The SMILES string of the molecule is C=C/C=C(\C=C/C)NC(=O)C(N)CCCO.CC.CC. The Kier molecular flexibility index (Phi) is 23.6. The Balaban J connectivity index is -0.000000656. The average Bonchev–Trinajstić information content (AvgIpc) is 2.49. The summed E-state index contributed by atoms with van der Waals surface area (Å²) in [6.45, 7) is 13.5. The molecule has 0 spiro atoms. The maximum Gasteiger partial charge on any atom is 0.241 e. The van der Waals surface area contributed by atoms with E-state index < -0.39 is 6.04 Å². The molecule has 4 heteroatoms. The number of rotatable bonds is 7. The molecule has 0 aliphatic heterocycles. The lowest BCUT2D eigenvalue weighted by Crippen LogP contribution is -2.39. The number of aliphatic hydroxyl groups excluding tert-OH is 1. The second-order valence-electron chi connectivity index (χ2n) is 3.32. The predicted octanol–water partition coefficient (Wildman–Crippen LogP) is 2.90. The minimum Gasteiger partial charge on any atom is -0.396 e. The number of allylic oxidation sites excluding steroid dienone is 4. The summed E-state index contributed by atoms with van der Waals surface area (Å²) in [6.07, 6.45) is 7.86. The first kappa shape index (κ1) is 23.7. The van der Waals surface area contributed by atoms with Crippen LogP contribution in [0.2, 0.25) is 0 Å². The third kappa shape index (κ3) is 14.7. The van der Waals surface area contributed by atoms with Crippen molar-refractivity contribution in [3.05, 3.63) is 36.6 Å². The van der Waals surface area contributed by atoms with E-state index >= 15 is 0 Å². The van der Waals surface area contributed by atoms with Crippen LogP contribution in [-0.4, -0.2) is 23.7 Å². The smallest absolute Gasteiger partial charge is 0.241 e. The van der Waals surface area contributed by atoms with Gasteiger partial charge in [-0.2, -0.15) is 0 Å². The molecule has 1 unspecified atom stereocenters. The van der Waals surface area contributed by atoms with Crippen LogP contribution < -0.4 is 11.1 Å². The van der Waals surface area contributed by atoms with E-state index in [2.05, 4.69) is 11.9 Å². The van der Waals surface area contributed by atoms with Crippen molar-refractivity contribution in [1.29, 1.82) is 0 Å². The topological polar surface area (TPSA) is 75.4 Å². The summed E-state index contributed by atoms with van der Waals surface area (Å²) in [4.78, 5) is 11.6. The molecule has 0 saturated carbocycles. The Morgan fingerprint density at radius 1 is 1.35 bits per heavy atom. The first-order chi connectivity index (χ1) is 9.65. The number of nitrogens with one attached hydrogen (secondary N) is 1. The van der Waals surface area contributed by atoms with E-state index in [1.165, 1.54) is 0 Å². The second-order valence-corrected chi connectivity index (χ2v) is 3.32. The molecule has 0 heterocycles. The lowest BCUT2D eigenvalue weighted by Gasteiger charge is -2.11. The predicted molar refractivity (Wildman–Crippen MR) is 88.2 cm³/mol. The molecule has 0 aromatic rings. The van der Waals surface area contributed by atoms with E-state index in [0.29, 0.717) is 18.5 Å². The summed E-state index contributed by atoms with van der Waals surface area (Å²) < 4.78 is 0. The molecule has 1 atom stereocenters. The van der Waals surface area contributed by atoms with E-state index in [1.807, 2.05) is 40.7 Å². The van der Waals surface area contributed by atoms with E-state index in [9.17, 15) is 4.79 Å². The van der Waals surface area contributed by atoms with Crippen molar-refractivity contribution in [3.63, 3.8) is 0 Å². The van der Waals surface area contributed by atoms with Crippen molar-refractivity contribution in [2.24, 2.45) is 5.73 Å². The normalized spacial score (nSPS) is 11.7. The maximum atomic E-state index is 11.6. The third-order valence-electron chi connectivity index (χ3n) is 1.92. The van der Waals surface area contributed by atoms with Gasteiger partial charge in [0.05, 0.1) is 6.04 Å². The first-order valence-corrected chi connectivity index (χ1v) is 7.28. The minimum atomic E-state index is -0.592. The molecule has 0 aliphatic rings. The van der Waals surface area contributed by atoms with E-state index in [-0.39, 0.29) is 12.5 Å². The van der Waals surface area contributed by atoms with Gasteiger partial charge in [-0.3, -0.25) is 4.79 Å². The quantitative estimate of drug-likeness (QED) is 0.629. The van der Waals surface area contributed by atoms with Gasteiger partial charge in [0.1, 0.15) is 0 Å². The van der Waals surface area contributed by atoms with Crippen LogP contribution in [0.3, 0.4) is 0 Å². The number of amides is 1. The fourth-order valence-corrected chi connectivity index (χ4v) is 1.12. The molecule has 20 heavy (non-hydrogen) atoms. The van der Waals surface area contributed by atoms with Gasteiger partial charge in [0.15, 0.2) is 0 Å². The first-order valence-electron chi connectivity index (χ1n) is 7.28. The minimum absolute atomic E-state index is 0.0468. The summed E-state index contributed by atoms with van der Waals surface area (Å²) in [7, 11) is 0. The summed E-state index contributed by atoms with van der Waals surface area (Å²) in [5, 5.41) is 11.3. The molecule has 1 amide bonds. The van der Waals surface area contributed by atoms with Crippen LogP contribution in [0.4, 0.5) is 0 Å². The van der Waals surface area contributed by atoms with E-state index in [1.54, 1.807) is 18.2 Å². The molecule has 0 saturated heterocycles. The summed E-state index contributed by atoms with van der Waals surface area (Å²) in [5.41, 5.74) is 6.30. The van der Waals surface area contributed by atoms with Gasteiger partial charge in [-0.25, -0.2) is 0 Å². The van der Waals surface area contributed by atoms with Crippen LogP contribution in [0, 0.1) is 0 Å². The lowest BCUT2D eigenvalue weighted by atomic mass is 10.1. The Morgan fingerprint density at radius 2 is 1.90 bits per heavy atom. The van der Waals surface area contributed by atoms with Gasteiger partial charge in [0.2, 0.25) is 5.91 Å². The monoisotopic (exact) mass is 284 g/mol. The van der Waals surface area contributed by atoms with Gasteiger partial charge in [0.25, 0.3) is 0 Å². The van der Waals surface area contributed by atoms with Crippen LogP contribution in [-0.2, 0) is 4.79 Å². The van der Waals surface area contributed by atoms with Crippen LogP contribution >= 0.6 is 0 Å². The van der Waals surface area contributed by atoms with Gasteiger partial charge in [-0.05, 0) is 31.9 Å². The fraction of sp³-hybridized carbons (Fsp3) is 0.562. The number of carbonyl (C=O) groups is 1. The Morgan fingerprint density at radius 3 is 2.30 bits per heavy atom. The molecule has 0 bridgehead atoms. The molecule has 0 aliphatic carbocycles. The van der Waals surface area contributed by atoms with Gasteiger partial charge >= 0.3 is 0 Å². The highest BCUT2D eigenvalue weighted by Crippen LogP contribution is 1.98. The summed E-state index contributed by atoms with van der Waals surface area (Å²) in [6, 6.07) is -0.592. The summed E-state index contributed by atoms with van der Waals surface area (Å²) in [5.74, 6) is -0.250. The highest BCUT2D eigenvalue weighted by Gasteiger charge is 2.12. The molecular weight excluding hydrogens is 252 g/mol. The number of hydrogen-bond donors (Lipinski definition) is 3. The Hall–Kier alpha value is -1.39.